The van der Waals surface area contributed by atoms with Gasteiger partial charge < -0.3 is 20.1 Å². The van der Waals surface area contributed by atoms with E-state index in [0.717, 1.165) is 11.2 Å². The van der Waals surface area contributed by atoms with E-state index in [0.29, 0.717) is 15.5 Å². The maximum absolute atomic E-state index is 5.21. The Bertz CT molecular complexity index is 559. The highest BCUT2D eigenvalue weighted by molar-refractivity contribution is 7.80. The van der Waals surface area contributed by atoms with Crippen molar-refractivity contribution < 1.29 is 4.42 Å². The van der Waals surface area contributed by atoms with Crippen LogP contribution in [0.25, 0.3) is 11.1 Å². The molecule has 0 spiro atoms. The number of aromatic nitrogens is 1. The smallest absolute Gasteiger partial charge is 0.266 e. The molecule has 1 aromatic heterocycles. The SMILES string of the molecule is NNC(=S)Nc1ccc2oc(=S)[nH]c2c1. The van der Waals surface area contributed by atoms with Gasteiger partial charge in [-0.25, -0.2) is 5.84 Å². The van der Waals surface area contributed by atoms with E-state index in [1.807, 2.05) is 12.1 Å². The Hall–Kier alpha value is -1.44. The second-order valence-corrected chi connectivity index (χ2v) is 3.60. The van der Waals surface area contributed by atoms with Gasteiger partial charge in [-0.05, 0) is 42.6 Å². The fourth-order valence-corrected chi connectivity index (χ4v) is 1.51. The van der Waals surface area contributed by atoms with Gasteiger partial charge in [-0.1, -0.05) is 0 Å². The first kappa shape index (κ1) is 10.1. The van der Waals surface area contributed by atoms with E-state index in [-0.39, 0.29) is 0 Å². The highest BCUT2D eigenvalue weighted by Gasteiger charge is 2.01. The normalized spacial score (nSPS) is 10.2. The van der Waals surface area contributed by atoms with E-state index in [1.165, 1.54) is 0 Å². The third kappa shape index (κ3) is 2.14. The number of aromatic amines is 1. The van der Waals surface area contributed by atoms with Crippen LogP contribution in [0.15, 0.2) is 22.6 Å². The first-order chi connectivity index (χ1) is 7.19. The van der Waals surface area contributed by atoms with E-state index in [9.17, 15) is 0 Å². The van der Waals surface area contributed by atoms with Gasteiger partial charge in [0, 0.05) is 5.69 Å². The molecule has 0 unspecified atom stereocenters. The van der Waals surface area contributed by atoms with Crippen LogP contribution in [0, 0.1) is 4.84 Å². The molecule has 1 aromatic carbocycles. The lowest BCUT2D eigenvalue weighted by Crippen LogP contribution is -2.34. The van der Waals surface area contributed by atoms with Gasteiger partial charge in [0.1, 0.15) is 0 Å². The van der Waals surface area contributed by atoms with Crippen LogP contribution in [0.2, 0.25) is 0 Å². The molecule has 0 amide bonds. The van der Waals surface area contributed by atoms with Crippen LogP contribution in [0.1, 0.15) is 0 Å². The Morgan fingerprint density at radius 1 is 1.47 bits per heavy atom. The molecule has 0 bridgehead atoms. The van der Waals surface area contributed by atoms with Crippen molar-refractivity contribution in [2.45, 2.75) is 0 Å². The number of hydrogen-bond acceptors (Lipinski definition) is 4. The van der Waals surface area contributed by atoms with Gasteiger partial charge in [-0.3, -0.25) is 0 Å². The minimum absolute atomic E-state index is 0.344. The molecular formula is C8H8N4OS2. The Morgan fingerprint density at radius 3 is 3.00 bits per heavy atom. The van der Waals surface area contributed by atoms with E-state index in [4.69, 9.17) is 34.7 Å². The molecule has 0 saturated heterocycles. The summed E-state index contributed by atoms with van der Waals surface area (Å²) in [6.45, 7) is 0. The fraction of sp³-hybridized carbons (Fsp3) is 0. The van der Waals surface area contributed by atoms with Crippen molar-refractivity contribution in [3.05, 3.63) is 23.0 Å². The number of fused-ring (bicyclic) bond motifs is 1. The first-order valence-corrected chi connectivity index (χ1v) is 4.91. The second kappa shape index (κ2) is 3.97. The summed E-state index contributed by atoms with van der Waals surface area (Å²) in [5.41, 5.74) is 4.65. The summed E-state index contributed by atoms with van der Waals surface area (Å²) in [6.07, 6.45) is 0. The van der Waals surface area contributed by atoms with E-state index in [2.05, 4.69) is 15.7 Å². The molecule has 0 saturated carbocycles. The Balaban J connectivity index is 2.38. The molecule has 2 rings (SSSR count). The maximum atomic E-state index is 5.21. The van der Waals surface area contributed by atoms with E-state index >= 15 is 0 Å². The highest BCUT2D eigenvalue weighted by atomic mass is 32.1. The van der Waals surface area contributed by atoms with Crippen LogP contribution in [-0.4, -0.2) is 10.1 Å². The number of hydrogen-bond donors (Lipinski definition) is 4. The number of anilines is 1. The molecule has 15 heavy (non-hydrogen) atoms. The summed E-state index contributed by atoms with van der Waals surface area (Å²) in [4.78, 5) is 3.25. The molecule has 2 aromatic rings. The second-order valence-electron chi connectivity index (χ2n) is 2.82. The zero-order valence-electron chi connectivity index (χ0n) is 7.53. The average molecular weight is 240 g/mol. The summed E-state index contributed by atoms with van der Waals surface area (Å²) < 4.78 is 5.21. The summed E-state index contributed by atoms with van der Waals surface area (Å²) in [7, 11) is 0. The van der Waals surface area contributed by atoms with Crippen LogP contribution < -0.4 is 16.6 Å². The number of rotatable bonds is 1. The average Bonchev–Trinajstić information content (AvgIpc) is 2.57. The quantitative estimate of drug-likeness (QED) is 0.345. The third-order valence-electron chi connectivity index (χ3n) is 1.81. The number of H-pyrrole nitrogens is 1. The minimum Gasteiger partial charge on any atom is -0.429 e. The predicted octanol–water partition coefficient (Wildman–Crippen LogP) is 1.65. The lowest BCUT2D eigenvalue weighted by atomic mass is 10.3. The number of benzene rings is 1. The van der Waals surface area contributed by atoms with Crippen molar-refractivity contribution in [1.29, 1.82) is 0 Å². The summed E-state index contributed by atoms with van der Waals surface area (Å²) in [5, 5.41) is 3.24. The number of hydrazine groups is 1. The molecule has 0 aliphatic heterocycles. The van der Waals surface area contributed by atoms with Gasteiger partial charge >= 0.3 is 0 Å². The number of nitrogens with two attached hydrogens (primary N) is 1. The predicted molar refractivity (Wildman–Crippen MR) is 64.9 cm³/mol. The molecule has 78 valence electrons. The number of oxazole rings is 1. The van der Waals surface area contributed by atoms with Gasteiger partial charge in [0.15, 0.2) is 10.7 Å². The fourth-order valence-electron chi connectivity index (χ4n) is 1.20. The van der Waals surface area contributed by atoms with Gasteiger partial charge in [0.25, 0.3) is 4.84 Å². The lowest BCUT2D eigenvalue weighted by molar-refractivity contribution is 0.583. The Morgan fingerprint density at radius 2 is 2.27 bits per heavy atom. The largest absolute Gasteiger partial charge is 0.429 e. The number of thiocarbonyl (C=S) groups is 1. The topological polar surface area (TPSA) is 79.0 Å². The van der Waals surface area contributed by atoms with Gasteiger partial charge in [0.05, 0.1) is 5.52 Å². The van der Waals surface area contributed by atoms with Crippen LogP contribution >= 0.6 is 24.4 Å². The summed E-state index contributed by atoms with van der Waals surface area (Å²) >= 11 is 9.73. The first-order valence-electron chi connectivity index (χ1n) is 4.09. The molecular weight excluding hydrogens is 232 g/mol. The van der Waals surface area contributed by atoms with Crippen LogP contribution in [0.3, 0.4) is 0 Å². The molecule has 5 nitrogen and oxygen atoms in total. The van der Waals surface area contributed by atoms with Gasteiger partial charge in [0.2, 0.25) is 0 Å². The van der Waals surface area contributed by atoms with Crippen molar-refractivity contribution in [3.63, 3.8) is 0 Å². The van der Waals surface area contributed by atoms with E-state index < -0.39 is 0 Å². The van der Waals surface area contributed by atoms with Crippen molar-refractivity contribution in [1.82, 2.24) is 10.4 Å². The minimum atomic E-state index is 0.344. The van der Waals surface area contributed by atoms with Gasteiger partial charge in [-0.2, -0.15) is 0 Å². The molecule has 0 atom stereocenters. The molecule has 7 heteroatoms. The van der Waals surface area contributed by atoms with Crippen molar-refractivity contribution >= 4 is 46.3 Å². The molecule has 0 fully saturated rings. The standard InChI is InChI=1S/C8H8N4OS2/c9-12-7(14)10-4-1-2-6-5(3-4)11-8(15)13-6/h1-3H,9H2,(H,11,15)(H2,10,12,14). The summed E-state index contributed by atoms with van der Waals surface area (Å²) in [5.74, 6) is 5.14. The molecule has 0 aliphatic carbocycles. The molecule has 0 radical (unpaired) electrons. The zero-order valence-corrected chi connectivity index (χ0v) is 9.17. The van der Waals surface area contributed by atoms with Crippen molar-refractivity contribution in [3.8, 4) is 0 Å². The van der Waals surface area contributed by atoms with Crippen molar-refractivity contribution in [2.75, 3.05) is 5.32 Å². The third-order valence-corrected chi connectivity index (χ3v) is 2.21. The summed E-state index contributed by atoms with van der Waals surface area (Å²) in [6, 6.07) is 5.44. The number of nitrogens with one attached hydrogen (secondary N) is 3. The van der Waals surface area contributed by atoms with Crippen molar-refractivity contribution in [2.24, 2.45) is 5.84 Å². The Labute approximate surface area is 95.6 Å². The zero-order chi connectivity index (χ0) is 10.8. The van der Waals surface area contributed by atoms with Crippen LogP contribution in [0.5, 0.6) is 0 Å². The molecule has 1 heterocycles. The monoisotopic (exact) mass is 240 g/mol. The van der Waals surface area contributed by atoms with E-state index in [1.54, 1.807) is 6.07 Å². The Kier molecular flexibility index (Phi) is 2.67. The maximum Gasteiger partial charge on any atom is 0.266 e. The highest BCUT2D eigenvalue weighted by Crippen LogP contribution is 2.18. The molecule has 5 N–H and O–H groups in total. The lowest BCUT2D eigenvalue weighted by Gasteiger charge is -2.05. The van der Waals surface area contributed by atoms with Crippen LogP contribution in [-0.2, 0) is 0 Å². The van der Waals surface area contributed by atoms with Crippen LogP contribution in [0.4, 0.5) is 5.69 Å². The molecule has 0 aliphatic rings. The van der Waals surface area contributed by atoms with Gasteiger partial charge in [-0.15, -0.1) is 0 Å².